The van der Waals surface area contributed by atoms with E-state index in [9.17, 15) is 8.42 Å². The van der Waals surface area contributed by atoms with Crippen molar-refractivity contribution in [2.24, 2.45) is 0 Å². The second-order valence-corrected chi connectivity index (χ2v) is 9.79. The molecule has 3 rings (SSSR count). The Kier molecular flexibility index (Phi) is 6.11. The summed E-state index contributed by atoms with van der Waals surface area (Å²) >= 11 is 3.24. The van der Waals surface area contributed by atoms with E-state index in [1.165, 1.54) is 6.20 Å². The molecule has 9 heteroatoms. The first-order valence-electron chi connectivity index (χ1n) is 8.20. The van der Waals surface area contributed by atoms with Gasteiger partial charge in [-0.05, 0) is 25.6 Å². The third kappa shape index (κ3) is 4.59. The molecule has 0 atom stereocenters. The zero-order valence-corrected chi connectivity index (χ0v) is 16.8. The lowest BCUT2D eigenvalue weighted by atomic mass is 10.4. The fourth-order valence-electron chi connectivity index (χ4n) is 2.51. The van der Waals surface area contributed by atoms with Gasteiger partial charge in [0.05, 0.1) is 15.7 Å². The summed E-state index contributed by atoms with van der Waals surface area (Å²) in [6.07, 6.45) is 2.42. The minimum atomic E-state index is -3.45. The Balaban J connectivity index is 1.63. The molecule has 0 aromatic carbocycles. The van der Waals surface area contributed by atoms with Crippen LogP contribution in [0.5, 0.6) is 0 Å². The number of piperazine rings is 1. The molecule has 0 spiro atoms. The average Bonchev–Trinajstić information content (AvgIpc) is 3.09. The Morgan fingerprint density at radius 2 is 2.00 bits per heavy atom. The number of hydrogen-bond donors (Lipinski definition) is 0. The second kappa shape index (κ2) is 8.13. The first-order valence-corrected chi connectivity index (χ1v) is 11.5. The highest BCUT2D eigenvalue weighted by molar-refractivity contribution is 7.98. The van der Waals surface area contributed by atoms with Gasteiger partial charge < -0.3 is 4.90 Å². The largest absolute Gasteiger partial charge is 0.304 e. The van der Waals surface area contributed by atoms with Crippen molar-refractivity contribution >= 4 is 33.1 Å². The van der Waals surface area contributed by atoms with Crippen LogP contribution in [-0.4, -0.2) is 60.8 Å². The summed E-state index contributed by atoms with van der Waals surface area (Å²) in [5.41, 5.74) is 1.04. The first-order chi connectivity index (χ1) is 12.0. The molecule has 0 N–H and O–H groups in total. The number of thioether (sulfide) groups is 1. The quantitative estimate of drug-likeness (QED) is 0.696. The molecule has 0 bridgehead atoms. The minimum Gasteiger partial charge on any atom is -0.304 e. The topological polar surface area (TPSA) is 66.4 Å². The standard InChI is InChI=1S/C16H22N4O2S3/c1-3-15-18-13(11-23-15)12-24-16-5-4-14(10-17-16)25(21,22)20-8-6-19(2)7-9-20/h4-5,10-11H,3,6-9,12H2,1-2H3. The van der Waals surface area contributed by atoms with Crippen molar-refractivity contribution in [1.82, 2.24) is 19.2 Å². The van der Waals surface area contributed by atoms with Crippen LogP contribution in [-0.2, 0) is 22.2 Å². The number of pyridine rings is 1. The third-order valence-electron chi connectivity index (χ3n) is 4.08. The lowest BCUT2D eigenvalue weighted by molar-refractivity contribution is 0.222. The van der Waals surface area contributed by atoms with Crippen molar-refractivity contribution in [3.63, 3.8) is 0 Å². The Hall–Kier alpha value is -1.00. The molecule has 136 valence electrons. The van der Waals surface area contributed by atoms with Crippen LogP contribution in [0.2, 0.25) is 0 Å². The predicted molar refractivity (Wildman–Crippen MR) is 102 cm³/mol. The van der Waals surface area contributed by atoms with Gasteiger partial charge in [-0.25, -0.2) is 18.4 Å². The number of likely N-dealkylation sites (N-methyl/N-ethyl adjacent to an activating group) is 1. The minimum absolute atomic E-state index is 0.267. The summed E-state index contributed by atoms with van der Waals surface area (Å²) in [6, 6.07) is 3.43. The number of thiazole rings is 1. The highest BCUT2D eigenvalue weighted by Crippen LogP contribution is 2.24. The SMILES string of the molecule is CCc1nc(CSc2ccc(S(=O)(=O)N3CCN(C)CC3)cn2)cs1. The molecule has 6 nitrogen and oxygen atoms in total. The van der Waals surface area contributed by atoms with Gasteiger partial charge in [0.1, 0.15) is 4.90 Å². The van der Waals surface area contributed by atoms with E-state index in [0.717, 1.165) is 41.0 Å². The van der Waals surface area contributed by atoms with E-state index in [4.69, 9.17) is 0 Å². The second-order valence-electron chi connectivity index (χ2n) is 5.91. The van der Waals surface area contributed by atoms with E-state index in [-0.39, 0.29) is 4.90 Å². The summed E-state index contributed by atoms with van der Waals surface area (Å²) in [4.78, 5) is 11.2. The van der Waals surface area contributed by atoms with Crippen LogP contribution in [0.3, 0.4) is 0 Å². The molecule has 0 amide bonds. The van der Waals surface area contributed by atoms with Crippen molar-refractivity contribution in [2.75, 3.05) is 33.2 Å². The van der Waals surface area contributed by atoms with Crippen molar-refractivity contribution in [1.29, 1.82) is 0 Å². The number of hydrogen-bond acceptors (Lipinski definition) is 7. The van der Waals surface area contributed by atoms with Crippen LogP contribution in [0.4, 0.5) is 0 Å². The molecular formula is C16H22N4O2S3. The Morgan fingerprint density at radius 3 is 2.60 bits per heavy atom. The number of aromatic nitrogens is 2. The number of rotatable bonds is 6. The van der Waals surface area contributed by atoms with Crippen molar-refractivity contribution in [2.45, 2.75) is 29.0 Å². The number of nitrogens with zero attached hydrogens (tertiary/aromatic N) is 4. The summed E-state index contributed by atoms with van der Waals surface area (Å²) in [6.45, 7) is 4.66. The average molecular weight is 399 g/mol. The van der Waals surface area contributed by atoms with Crippen LogP contribution in [0, 0.1) is 0 Å². The molecule has 1 aliphatic heterocycles. The van der Waals surface area contributed by atoms with Crippen LogP contribution in [0.25, 0.3) is 0 Å². The van der Waals surface area contributed by atoms with E-state index >= 15 is 0 Å². The van der Waals surface area contributed by atoms with Gasteiger partial charge in [0, 0.05) is 43.5 Å². The number of sulfonamides is 1. The molecule has 0 saturated carbocycles. The molecule has 0 unspecified atom stereocenters. The van der Waals surface area contributed by atoms with Gasteiger partial charge in [0.25, 0.3) is 0 Å². The smallest absolute Gasteiger partial charge is 0.244 e. The summed E-state index contributed by atoms with van der Waals surface area (Å²) in [5.74, 6) is 0.744. The number of aryl methyl sites for hydroxylation is 1. The van der Waals surface area contributed by atoms with E-state index in [1.54, 1.807) is 39.5 Å². The predicted octanol–water partition coefficient (Wildman–Crippen LogP) is 2.33. The summed E-state index contributed by atoms with van der Waals surface area (Å²) in [7, 11) is -1.44. The molecule has 1 saturated heterocycles. The molecular weight excluding hydrogens is 376 g/mol. The molecule has 1 aliphatic rings. The van der Waals surface area contributed by atoms with E-state index < -0.39 is 10.0 Å². The van der Waals surface area contributed by atoms with Crippen LogP contribution in [0.15, 0.2) is 33.6 Å². The third-order valence-corrected chi connectivity index (χ3v) is 7.98. The summed E-state index contributed by atoms with van der Waals surface area (Å²) < 4.78 is 26.9. The zero-order chi connectivity index (χ0) is 17.9. The van der Waals surface area contributed by atoms with E-state index in [2.05, 4.69) is 27.2 Å². The van der Waals surface area contributed by atoms with Crippen LogP contribution in [0.1, 0.15) is 17.6 Å². The lowest BCUT2D eigenvalue weighted by Crippen LogP contribution is -2.47. The maximum Gasteiger partial charge on any atom is 0.244 e. The molecule has 25 heavy (non-hydrogen) atoms. The molecule has 2 aromatic rings. The van der Waals surface area contributed by atoms with Gasteiger partial charge in [-0.1, -0.05) is 6.92 Å². The fourth-order valence-corrected chi connectivity index (χ4v) is 5.46. The molecule has 0 aliphatic carbocycles. The first kappa shape index (κ1) is 18.8. The highest BCUT2D eigenvalue weighted by atomic mass is 32.2. The van der Waals surface area contributed by atoms with Gasteiger partial charge in [0.15, 0.2) is 0 Å². The van der Waals surface area contributed by atoms with E-state index in [0.29, 0.717) is 13.1 Å². The Morgan fingerprint density at radius 1 is 1.24 bits per heavy atom. The Labute approximate surface area is 157 Å². The van der Waals surface area contributed by atoms with Crippen molar-refractivity contribution < 1.29 is 8.42 Å². The molecule has 3 heterocycles. The van der Waals surface area contributed by atoms with Gasteiger partial charge in [-0.3, -0.25) is 0 Å². The van der Waals surface area contributed by atoms with Gasteiger partial charge in [0.2, 0.25) is 10.0 Å². The fraction of sp³-hybridized carbons (Fsp3) is 0.500. The molecule has 2 aromatic heterocycles. The van der Waals surface area contributed by atoms with Gasteiger partial charge in [-0.2, -0.15) is 4.31 Å². The maximum absolute atomic E-state index is 12.7. The highest BCUT2D eigenvalue weighted by Gasteiger charge is 2.27. The normalized spacial score (nSPS) is 17.0. The molecule has 1 fully saturated rings. The van der Waals surface area contributed by atoms with Crippen molar-refractivity contribution in [3.8, 4) is 0 Å². The monoisotopic (exact) mass is 398 g/mol. The van der Waals surface area contributed by atoms with Gasteiger partial charge in [-0.15, -0.1) is 23.1 Å². The summed E-state index contributed by atoms with van der Waals surface area (Å²) in [5, 5.41) is 4.01. The van der Waals surface area contributed by atoms with Crippen molar-refractivity contribution in [3.05, 3.63) is 34.4 Å². The van der Waals surface area contributed by atoms with E-state index in [1.807, 2.05) is 7.05 Å². The maximum atomic E-state index is 12.7. The Bertz CT molecular complexity index is 797. The zero-order valence-electron chi connectivity index (χ0n) is 14.4. The van der Waals surface area contributed by atoms with Crippen LogP contribution < -0.4 is 0 Å². The lowest BCUT2D eigenvalue weighted by Gasteiger charge is -2.31. The van der Waals surface area contributed by atoms with Gasteiger partial charge >= 0.3 is 0 Å². The van der Waals surface area contributed by atoms with Crippen LogP contribution >= 0.6 is 23.1 Å². The molecule has 0 radical (unpaired) electrons.